The van der Waals surface area contributed by atoms with Crippen LogP contribution in [0.1, 0.15) is 12.5 Å². The van der Waals surface area contributed by atoms with Crippen molar-refractivity contribution >= 4 is 29.0 Å². The summed E-state index contributed by atoms with van der Waals surface area (Å²) in [5, 5.41) is 2.24. The minimum absolute atomic E-state index is 0.264. The number of anilines is 2. The van der Waals surface area contributed by atoms with Crippen molar-refractivity contribution in [2.24, 2.45) is 0 Å². The number of benzene rings is 2. The van der Waals surface area contributed by atoms with Crippen LogP contribution in [0.3, 0.4) is 0 Å². The number of carbonyl (C=O) groups excluding carboxylic acids is 1. The van der Waals surface area contributed by atoms with Gasteiger partial charge in [0, 0.05) is 30.4 Å². The van der Waals surface area contributed by atoms with Crippen LogP contribution < -0.4 is 10.2 Å². The van der Waals surface area contributed by atoms with Crippen LogP contribution in [0.15, 0.2) is 53.4 Å². The first-order chi connectivity index (χ1) is 11.7. The van der Waals surface area contributed by atoms with Crippen LogP contribution in [0.2, 0.25) is 0 Å². The molecule has 0 fully saturated rings. The van der Waals surface area contributed by atoms with Gasteiger partial charge in [0.15, 0.2) is 0 Å². The number of halogens is 3. The first-order valence-electron chi connectivity index (χ1n) is 7.59. The second-order valence-corrected chi connectivity index (χ2v) is 7.13. The summed E-state index contributed by atoms with van der Waals surface area (Å²) < 4.78 is 38.2. The van der Waals surface area contributed by atoms with Crippen LogP contribution in [0, 0.1) is 0 Å². The predicted molar refractivity (Wildman–Crippen MR) is 96.2 cm³/mol. The van der Waals surface area contributed by atoms with Crippen LogP contribution in [0.5, 0.6) is 0 Å². The fourth-order valence-electron chi connectivity index (χ4n) is 2.09. The molecule has 1 atom stereocenters. The summed E-state index contributed by atoms with van der Waals surface area (Å²) in [6.07, 6.45) is -4.39. The third-order valence-electron chi connectivity index (χ3n) is 3.49. The van der Waals surface area contributed by atoms with E-state index in [1.54, 1.807) is 25.1 Å². The molecule has 0 aliphatic carbocycles. The molecule has 0 aliphatic heterocycles. The maximum atomic E-state index is 12.7. The summed E-state index contributed by atoms with van der Waals surface area (Å²) in [6, 6.07) is 12.3. The maximum Gasteiger partial charge on any atom is 0.416 e. The Bertz CT molecular complexity index is 730. The molecule has 0 bridgehead atoms. The highest BCUT2D eigenvalue weighted by Gasteiger charge is 2.30. The van der Waals surface area contributed by atoms with E-state index in [0.717, 1.165) is 29.6 Å². The molecule has 0 saturated carbocycles. The number of nitrogens with one attached hydrogen (secondary N) is 1. The smallest absolute Gasteiger partial charge is 0.378 e. The van der Waals surface area contributed by atoms with Crippen molar-refractivity contribution in [2.75, 3.05) is 24.3 Å². The van der Waals surface area contributed by atoms with Gasteiger partial charge < -0.3 is 10.2 Å². The zero-order valence-electron chi connectivity index (χ0n) is 14.1. The van der Waals surface area contributed by atoms with Crippen LogP contribution in [0.4, 0.5) is 24.5 Å². The van der Waals surface area contributed by atoms with Gasteiger partial charge >= 0.3 is 6.18 Å². The van der Waals surface area contributed by atoms with Crippen LogP contribution >= 0.6 is 11.8 Å². The molecule has 0 heterocycles. The Hall–Kier alpha value is -2.15. The van der Waals surface area contributed by atoms with Crippen LogP contribution in [-0.2, 0) is 11.0 Å². The average Bonchev–Trinajstić information content (AvgIpc) is 2.54. The summed E-state index contributed by atoms with van der Waals surface area (Å²) in [4.78, 5) is 14.6. The van der Waals surface area contributed by atoms with E-state index in [2.05, 4.69) is 5.32 Å². The number of rotatable bonds is 5. The highest BCUT2D eigenvalue weighted by molar-refractivity contribution is 8.00. The molecule has 2 aromatic carbocycles. The van der Waals surface area contributed by atoms with Gasteiger partial charge in [0.05, 0.1) is 10.8 Å². The topological polar surface area (TPSA) is 32.3 Å². The number of amides is 1. The van der Waals surface area contributed by atoms with Gasteiger partial charge in [0.2, 0.25) is 5.91 Å². The molecule has 0 aliphatic rings. The molecule has 3 nitrogen and oxygen atoms in total. The number of alkyl halides is 3. The number of nitrogens with zero attached hydrogens (tertiary/aromatic N) is 1. The number of thioether (sulfide) groups is 1. The van der Waals surface area contributed by atoms with E-state index in [1.807, 2.05) is 31.1 Å². The Labute approximate surface area is 149 Å². The van der Waals surface area contributed by atoms with E-state index < -0.39 is 17.0 Å². The third-order valence-corrected chi connectivity index (χ3v) is 4.59. The van der Waals surface area contributed by atoms with Gasteiger partial charge in [-0.1, -0.05) is 6.07 Å². The van der Waals surface area contributed by atoms with Gasteiger partial charge in [0.25, 0.3) is 0 Å². The highest BCUT2D eigenvalue weighted by Crippen LogP contribution is 2.33. The fourth-order valence-corrected chi connectivity index (χ4v) is 3.02. The quantitative estimate of drug-likeness (QED) is 0.763. The zero-order valence-corrected chi connectivity index (χ0v) is 14.9. The fraction of sp³-hybridized carbons (Fsp3) is 0.278. The molecule has 7 heteroatoms. The van der Waals surface area contributed by atoms with E-state index >= 15 is 0 Å². The predicted octanol–water partition coefficient (Wildman–Crippen LogP) is 4.89. The second-order valence-electron chi connectivity index (χ2n) is 5.72. The van der Waals surface area contributed by atoms with E-state index in [4.69, 9.17) is 0 Å². The summed E-state index contributed by atoms with van der Waals surface area (Å²) in [7, 11) is 3.84. The van der Waals surface area contributed by atoms with E-state index in [1.165, 1.54) is 6.07 Å². The number of hydrogen-bond donors (Lipinski definition) is 1. The monoisotopic (exact) mass is 368 g/mol. The summed E-state index contributed by atoms with van der Waals surface area (Å²) >= 11 is 1.09. The van der Waals surface area contributed by atoms with Crippen molar-refractivity contribution in [3.8, 4) is 0 Å². The van der Waals surface area contributed by atoms with Gasteiger partial charge in [-0.3, -0.25) is 4.79 Å². The second kappa shape index (κ2) is 7.82. The molecule has 134 valence electrons. The summed E-state index contributed by atoms with van der Waals surface area (Å²) in [5.41, 5.74) is 0.931. The van der Waals surface area contributed by atoms with Crippen molar-refractivity contribution in [1.82, 2.24) is 0 Å². The molecule has 1 amide bonds. The van der Waals surface area contributed by atoms with Crippen molar-refractivity contribution in [3.63, 3.8) is 0 Å². The van der Waals surface area contributed by atoms with Gasteiger partial charge in [-0.05, 0) is 49.4 Å². The lowest BCUT2D eigenvalue weighted by Crippen LogP contribution is -2.22. The molecule has 0 spiro atoms. The molecular weight excluding hydrogens is 349 g/mol. The molecule has 0 saturated heterocycles. The normalized spacial score (nSPS) is 12.6. The van der Waals surface area contributed by atoms with E-state index in [-0.39, 0.29) is 5.91 Å². The Morgan fingerprint density at radius 2 is 1.76 bits per heavy atom. The SMILES string of the molecule is C[C@@H](Sc1cccc(C(F)(F)F)c1)C(=O)Nc1ccc(N(C)C)cc1. The maximum absolute atomic E-state index is 12.7. The number of hydrogen-bond acceptors (Lipinski definition) is 3. The Kier molecular flexibility index (Phi) is 6.00. The molecular formula is C18H19F3N2OS. The van der Waals surface area contributed by atoms with E-state index in [0.29, 0.717) is 10.6 Å². The molecule has 0 aromatic heterocycles. The van der Waals surface area contributed by atoms with Crippen molar-refractivity contribution in [3.05, 3.63) is 54.1 Å². The third kappa shape index (κ3) is 5.42. The lowest BCUT2D eigenvalue weighted by molar-refractivity contribution is -0.137. The minimum atomic E-state index is -4.39. The van der Waals surface area contributed by atoms with Gasteiger partial charge in [-0.25, -0.2) is 0 Å². The standard InChI is InChI=1S/C18H19F3N2OS/c1-12(25-16-6-4-5-13(11-16)18(19,20)21)17(24)22-14-7-9-15(10-8-14)23(2)3/h4-12H,1-3H3,(H,22,24)/t12-/m1/s1. The Morgan fingerprint density at radius 3 is 2.32 bits per heavy atom. The largest absolute Gasteiger partial charge is 0.416 e. The number of carbonyl (C=O) groups is 1. The molecule has 1 N–H and O–H groups in total. The van der Waals surface area contributed by atoms with Gasteiger partial charge in [-0.15, -0.1) is 11.8 Å². The van der Waals surface area contributed by atoms with Crippen LogP contribution in [0.25, 0.3) is 0 Å². The van der Waals surface area contributed by atoms with Crippen molar-refractivity contribution < 1.29 is 18.0 Å². The minimum Gasteiger partial charge on any atom is -0.378 e. The van der Waals surface area contributed by atoms with E-state index in [9.17, 15) is 18.0 Å². The summed E-state index contributed by atoms with van der Waals surface area (Å²) in [5.74, 6) is -0.264. The summed E-state index contributed by atoms with van der Waals surface area (Å²) in [6.45, 7) is 1.66. The Morgan fingerprint density at radius 1 is 1.12 bits per heavy atom. The van der Waals surface area contributed by atoms with Crippen molar-refractivity contribution in [1.29, 1.82) is 0 Å². The first-order valence-corrected chi connectivity index (χ1v) is 8.47. The zero-order chi connectivity index (χ0) is 18.6. The molecule has 25 heavy (non-hydrogen) atoms. The van der Waals surface area contributed by atoms with Gasteiger partial charge in [-0.2, -0.15) is 13.2 Å². The highest BCUT2D eigenvalue weighted by atomic mass is 32.2. The lowest BCUT2D eigenvalue weighted by atomic mass is 10.2. The average molecular weight is 368 g/mol. The first kappa shape index (κ1) is 19.2. The van der Waals surface area contributed by atoms with Gasteiger partial charge in [0.1, 0.15) is 0 Å². The molecule has 0 radical (unpaired) electrons. The molecule has 2 aromatic rings. The molecule has 2 rings (SSSR count). The van der Waals surface area contributed by atoms with Crippen molar-refractivity contribution in [2.45, 2.75) is 23.2 Å². The molecule has 0 unspecified atom stereocenters. The lowest BCUT2D eigenvalue weighted by Gasteiger charge is -2.15. The van der Waals surface area contributed by atoms with Crippen LogP contribution in [-0.4, -0.2) is 25.3 Å². The Balaban J connectivity index is 2.00.